The number of nitrogens with zero attached hydrogens (tertiary/aromatic N) is 2. The molecule has 0 spiro atoms. The zero-order chi connectivity index (χ0) is 16.4. The van der Waals surface area contributed by atoms with E-state index in [4.69, 9.17) is 23.2 Å². The van der Waals surface area contributed by atoms with E-state index in [1.54, 1.807) is 36.5 Å². The number of halogens is 2. The highest BCUT2D eigenvalue weighted by molar-refractivity contribution is 6.37. The summed E-state index contributed by atoms with van der Waals surface area (Å²) in [7, 11) is 0. The van der Waals surface area contributed by atoms with Crippen LogP contribution in [0, 0.1) is 5.92 Å². The molecule has 1 N–H and O–H groups in total. The number of hydrogen-bond acceptors (Lipinski definition) is 2. The predicted molar refractivity (Wildman–Crippen MR) is 93.8 cm³/mol. The van der Waals surface area contributed by atoms with Crippen LogP contribution >= 0.6 is 23.2 Å². The predicted octanol–water partition coefficient (Wildman–Crippen LogP) is 4.81. The van der Waals surface area contributed by atoms with Crippen molar-refractivity contribution >= 4 is 41.0 Å². The van der Waals surface area contributed by atoms with Gasteiger partial charge in [-0.1, -0.05) is 29.3 Å². The Morgan fingerprint density at radius 2 is 2.04 bits per heavy atom. The van der Waals surface area contributed by atoms with E-state index in [-0.39, 0.29) is 5.91 Å². The third-order valence-electron chi connectivity index (χ3n) is 4.01. The number of benzene rings is 1. The first-order valence-corrected chi connectivity index (χ1v) is 8.28. The van der Waals surface area contributed by atoms with Crippen LogP contribution in [0.5, 0.6) is 0 Å². The highest BCUT2D eigenvalue weighted by Crippen LogP contribution is 2.40. The molecule has 1 saturated carbocycles. The van der Waals surface area contributed by atoms with Gasteiger partial charge in [0.2, 0.25) is 5.91 Å². The quantitative estimate of drug-likeness (QED) is 0.787. The van der Waals surface area contributed by atoms with Crippen LogP contribution in [0.3, 0.4) is 0 Å². The summed E-state index contributed by atoms with van der Waals surface area (Å²) in [5, 5.41) is 8.18. The number of nitrogens with one attached hydrogen (secondary N) is 1. The molecule has 0 saturated heterocycles. The zero-order valence-electron chi connectivity index (χ0n) is 12.7. The minimum atomic E-state index is -0.245. The van der Waals surface area contributed by atoms with Crippen molar-refractivity contribution in [2.45, 2.75) is 25.8 Å². The summed E-state index contributed by atoms with van der Waals surface area (Å²) in [6.07, 6.45) is 7.18. The van der Waals surface area contributed by atoms with Gasteiger partial charge in [0.05, 0.1) is 12.2 Å². The minimum Gasteiger partial charge on any atom is -0.307 e. The topological polar surface area (TPSA) is 46.9 Å². The number of carbonyl (C=O) groups is 1. The van der Waals surface area contributed by atoms with Gasteiger partial charge in [-0.3, -0.25) is 4.79 Å². The standard InChI is InChI=1S/C17H17Cl2N3O/c1-11(12-5-6-12)22-16(9-10-20-22)21-17(23)8-7-13-14(18)3-2-4-15(13)19/h2-4,7-12H,5-6H2,1H3,(H,21,23)/b8-7+. The Kier molecular flexibility index (Phi) is 4.74. The monoisotopic (exact) mass is 349 g/mol. The molecule has 1 fully saturated rings. The highest BCUT2D eigenvalue weighted by Gasteiger charge is 2.30. The van der Waals surface area contributed by atoms with Crippen molar-refractivity contribution in [3.05, 3.63) is 52.1 Å². The molecule has 1 aromatic heterocycles. The first-order valence-electron chi connectivity index (χ1n) is 7.53. The Hall–Kier alpha value is -1.78. The molecule has 0 radical (unpaired) electrons. The molecule has 1 aliphatic carbocycles. The number of hydrogen-bond donors (Lipinski definition) is 1. The van der Waals surface area contributed by atoms with Gasteiger partial charge in [-0.05, 0) is 43.9 Å². The van der Waals surface area contributed by atoms with Crippen LogP contribution in [0.15, 0.2) is 36.5 Å². The fourth-order valence-corrected chi connectivity index (χ4v) is 3.04. The summed E-state index contributed by atoms with van der Waals surface area (Å²) in [6.45, 7) is 2.12. The smallest absolute Gasteiger partial charge is 0.249 e. The number of carbonyl (C=O) groups excluding carboxylic acids is 1. The molecule has 1 aromatic carbocycles. The minimum absolute atomic E-state index is 0.245. The Bertz CT molecular complexity index is 730. The van der Waals surface area contributed by atoms with Gasteiger partial charge in [0.25, 0.3) is 0 Å². The molecule has 3 rings (SSSR count). The van der Waals surface area contributed by atoms with Crippen LogP contribution in [-0.4, -0.2) is 15.7 Å². The van der Waals surface area contributed by atoms with Gasteiger partial charge in [-0.15, -0.1) is 0 Å². The third-order valence-corrected chi connectivity index (χ3v) is 4.67. The maximum absolute atomic E-state index is 12.1. The molecule has 1 unspecified atom stereocenters. The Labute approximate surface area is 145 Å². The number of amides is 1. The van der Waals surface area contributed by atoms with Crippen molar-refractivity contribution in [3.63, 3.8) is 0 Å². The van der Waals surface area contributed by atoms with Crippen LogP contribution in [0.1, 0.15) is 31.4 Å². The molecule has 4 nitrogen and oxygen atoms in total. The van der Waals surface area contributed by atoms with Crippen molar-refractivity contribution in [1.29, 1.82) is 0 Å². The molecule has 1 atom stereocenters. The number of rotatable bonds is 5. The summed E-state index contributed by atoms with van der Waals surface area (Å²) in [4.78, 5) is 12.1. The molecule has 23 heavy (non-hydrogen) atoms. The van der Waals surface area contributed by atoms with Crippen molar-refractivity contribution in [2.24, 2.45) is 5.92 Å². The van der Waals surface area contributed by atoms with Crippen LogP contribution in [0.2, 0.25) is 10.0 Å². The van der Waals surface area contributed by atoms with E-state index < -0.39 is 0 Å². The summed E-state index contributed by atoms with van der Waals surface area (Å²) in [5.74, 6) is 1.11. The van der Waals surface area contributed by atoms with Gasteiger partial charge in [0.15, 0.2) is 0 Å². The molecular formula is C17H17Cl2N3O. The van der Waals surface area contributed by atoms with Gasteiger partial charge < -0.3 is 5.32 Å². The highest BCUT2D eigenvalue weighted by atomic mass is 35.5. The SMILES string of the molecule is CC(C1CC1)n1nccc1NC(=O)/C=C/c1c(Cl)cccc1Cl. The second kappa shape index (κ2) is 6.77. The van der Waals surface area contributed by atoms with Crippen molar-refractivity contribution in [1.82, 2.24) is 9.78 Å². The number of aromatic nitrogens is 2. The fraction of sp³-hybridized carbons (Fsp3) is 0.294. The van der Waals surface area contributed by atoms with Gasteiger partial charge in [0, 0.05) is 27.8 Å². The lowest BCUT2D eigenvalue weighted by molar-refractivity contribution is -0.111. The Morgan fingerprint density at radius 1 is 1.35 bits per heavy atom. The van der Waals surface area contributed by atoms with Gasteiger partial charge >= 0.3 is 0 Å². The van der Waals surface area contributed by atoms with E-state index in [0.29, 0.717) is 33.4 Å². The summed E-state index contributed by atoms with van der Waals surface area (Å²) in [5.41, 5.74) is 0.630. The molecule has 1 heterocycles. The van der Waals surface area contributed by atoms with Gasteiger partial charge in [-0.25, -0.2) is 4.68 Å². The maximum atomic E-state index is 12.1. The molecule has 1 aliphatic rings. The fourth-order valence-electron chi connectivity index (χ4n) is 2.51. The van der Waals surface area contributed by atoms with E-state index >= 15 is 0 Å². The van der Waals surface area contributed by atoms with E-state index in [1.165, 1.54) is 18.9 Å². The first kappa shape index (κ1) is 16.1. The van der Waals surface area contributed by atoms with Crippen LogP contribution in [0.4, 0.5) is 5.82 Å². The first-order chi connectivity index (χ1) is 11.1. The maximum Gasteiger partial charge on any atom is 0.249 e. The average molecular weight is 350 g/mol. The number of anilines is 1. The molecule has 0 bridgehead atoms. The molecule has 1 amide bonds. The van der Waals surface area contributed by atoms with Crippen LogP contribution < -0.4 is 5.32 Å². The summed E-state index contributed by atoms with van der Waals surface area (Å²) in [6, 6.07) is 7.32. The molecule has 6 heteroatoms. The Morgan fingerprint density at radius 3 is 2.70 bits per heavy atom. The zero-order valence-corrected chi connectivity index (χ0v) is 14.2. The average Bonchev–Trinajstić information content (AvgIpc) is 3.26. The van der Waals surface area contributed by atoms with Gasteiger partial charge in [0.1, 0.15) is 5.82 Å². The molecule has 0 aliphatic heterocycles. The second-order valence-corrected chi connectivity index (χ2v) is 6.51. The van der Waals surface area contributed by atoms with E-state index in [0.717, 1.165) is 0 Å². The summed E-state index contributed by atoms with van der Waals surface area (Å²) < 4.78 is 1.87. The largest absolute Gasteiger partial charge is 0.307 e. The lowest BCUT2D eigenvalue weighted by atomic mass is 10.2. The second-order valence-electron chi connectivity index (χ2n) is 5.70. The van der Waals surface area contributed by atoms with Crippen LogP contribution in [-0.2, 0) is 4.79 Å². The molecule has 120 valence electrons. The molecule has 2 aromatic rings. The van der Waals surface area contributed by atoms with E-state index in [9.17, 15) is 4.79 Å². The normalized spacial score (nSPS) is 15.8. The van der Waals surface area contributed by atoms with Crippen molar-refractivity contribution in [3.8, 4) is 0 Å². The lowest BCUT2D eigenvalue weighted by Crippen LogP contribution is -2.16. The van der Waals surface area contributed by atoms with E-state index in [1.807, 2.05) is 4.68 Å². The summed E-state index contributed by atoms with van der Waals surface area (Å²) >= 11 is 12.2. The van der Waals surface area contributed by atoms with Gasteiger partial charge in [-0.2, -0.15) is 5.10 Å². The Balaban J connectivity index is 1.70. The van der Waals surface area contributed by atoms with E-state index in [2.05, 4.69) is 17.3 Å². The third kappa shape index (κ3) is 3.77. The van der Waals surface area contributed by atoms with Crippen molar-refractivity contribution < 1.29 is 4.79 Å². The van der Waals surface area contributed by atoms with Crippen LogP contribution in [0.25, 0.3) is 6.08 Å². The lowest BCUT2D eigenvalue weighted by Gasteiger charge is -2.14. The van der Waals surface area contributed by atoms with Crippen molar-refractivity contribution in [2.75, 3.05) is 5.32 Å². The molecular weight excluding hydrogens is 333 g/mol.